The lowest BCUT2D eigenvalue weighted by molar-refractivity contribution is -0.214. The highest BCUT2D eigenvalue weighted by Gasteiger charge is 2.70. The molecule has 0 aromatic heterocycles. The second-order valence-electron chi connectivity index (χ2n) is 13.7. The fourth-order valence-electron chi connectivity index (χ4n) is 10.4. The Morgan fingerprint density at radius 3 is 2.38 bits per heavy atom. The highest BCUT2D eigenvalue weighted by Crippen LogP contribution is 2.76. The number of carboxylic acids is 1. The number of hydrogen-bond donors (Lipinski definition) is 3. The molecule has 1 spiro atoms. The minimum Gasteiger partial charge on any atom is -0.481 e. The minimum absolute atomic E-state index is 0.00311. The van der Waals surface area contributed by atoms with Crippen LogP contribution < -0.4 is 0 Å². The molecule has 0 aromatic carbocycles. The average molecular weight is 445 g/mol. The van der Waals surface area contributed by atoms with Crippen LogP contribution in [0.5, 0.6) is 0 Å². The van der Waals surface area contributed by atoms with Gasteiger partial charge in [0.05, 0.1) is 17.6 Å². The molecular weight excluding hydrogens is 400 g/mol. The summed E-state index contributed by atoms with van der Waals surface area (Å²) in [6.45, 7) is 13.8. The Morgan fingerprint density at radius 2 is 1.72 bits per heavy atom. The van der Waals surface area contributed by atoms with Gasteiger partial charge in [-0.15, -0.1) is 0 Å². The van der Waals surface area contributed by atoms with Crippen LogP contribution in [0, 0.1) is 50.7 Å². The predicted octanol–water partition coefficient (Wildman–Crippen LogP) is 5.42. The molecule has 5 aliphatic carbocycles. The normalized spacial score (nSPS) is 56.3. The molecule has 0 heterocycles. The molecule has 4 saturated carbocycles. The number of aliphatic hydroxyl groups is 2. The molecule has 10 atom stereocenters. The summed E-state index contributed by atoms with van der Waals surface area (Å²) in [7, 11) is 0. The first-order valence-electron chi connectivity index (χ1n) is 13.1. The molecule has 180 valence electrons. The Bertz CT molecular complexity index is 861. The molecule has 5 aliphatic rings. The smallest absolute Gasteiger partial charge is 0.309 e. The maximum Gasteiger partial charge on any atom is 0.309 e. The van der Waals surface area contributed by atoms with E-state index >= 15 is 0 Å². The standard InChI is InChI=1S/C28H44O4/c1-16-14-27(23(31)32)12-11-25(5)18-7-8-20-24(3,4)21(29)13-22(30)26(20,6)19(18)9-10-28(25,15-27)17(16)2/h7,16-17,19-22,29-30H,8-15H2,1-6H3,(H,31,32)/t16-,17+,19+,20+,21+,22+,25-,26-,27-,28+/m1/s1. The topological polar surface area (TPSA) is 77.8 Å². The molecule has 0 radical (unpaired) electrons. The van der Waals surface area contributed by atoms with Crippen LogP contribution in [-0.2, 0) is 4.79 Å². The summed E-state index contributed by atoms with van der Waals surface area (Å²) >= 11 is 0. The Balaban J connectivity index is 1.62. The third-order valence-corrected chi connectivity index (χ3v) is 12.6. The van der Waals surface area contributed by atoms with E-state index in [2.05, 4.69) is 47.6 Å². The number of carbonyl (C=O) groups is 1. The molecule has 3 N–H and O–H groups in total. The number of allylic oxidation sites excluding steroid dienone is 2. The number of aliphatic carboxylic acids is 1. The summed E-state index contributed by atoms with van der Waals surface area (Å²) in [6.07, 6.45) is 8.33. The van der Waals surface area contributed by atoms with Crippen molar-refractivity contribution in [3.8, 4) is 0 Å². The summed E-state index contributed by atoms with van der Waals surface area (Å²) in [4.78, 5) is 12.5. The Labute approximate surface area is 193 Å². The van der Waals surface area contributed by atoms with Crippen LogP contribution in [0.25, 0.3) is 0 Å². The minimum atomic E-state index is -0.581. The van der Waals surface area contributed by atoms with Crippen molar-refractivity contribution in [3.05, 3.63) is 11.6 Å². The zero-order valence-electron chi connectivity index (χ0n) is 20.9. The van der Waals surface area contributed by atoms with E-state index in [-0.39, 0.29) is 27.6 Å². The monoisotopic (exact) mass is 444 g/mol. The van der Waals surface area contributed by atoms with Crippen molar-refractivity contribution < 1.29 is 20.1 Å². The van der Waals surface area contributed by atoms with E-state index in [0.717, 1.165) is 44.9 Å². The fourth-order valence-corrected chi connectivity index (χ4v) is 10.4. The largest absolute Gasteiger partial charge is 0.481 e. The second kappa shape index (κ2) is 6.62. The number of carboxylic acid groups (broad SMARTS) is 1. The van der Waals surface area contributed by atoms with Gasteiger partial charge in [0.15, 0.2) is 0 Å². The molecule has 4 nitrogen and oxygen atoms in total. The van der Waals surface area contributed by atoms with Crippen molar-refractivity contribution in [1.29, 1.82) is 0 Å². The quantitative estimate of drug-likeness (QED) is 0.472. The van der Waals surface area contributed by atoms with Crippen LogP contribution >= 0.6 is 0 Å². The molecule has 0 aromatic rings. The van der Waals surface area contributed by atoms with Gasteiger partial charge in [0.1, 0.15) is 0 Å². The predicted molar refractivity (Wildman–Crippen MR) is 125 cm³/mol. The lowest BCUT2D eigenvalue weighted by atomic mass is 9.33. The maximum absolute atomic E-state index is 12.5. The molecular formula is C28H44O4. The third kappa shape index (κ3) is 2.44. The average Bonchev–Trinajstić information content (AvgIpc) is 2.71. The van der Waals surface area contributed by atoms with Crippen molar-refractivity contribution in [2.75, 3.05) is 0 Å². The van der Waals surface area contributed by atoms with Gasteiger partial charge in [-0.25, -0.2) is 0 Å². The van der Waals surface area contributed by atoms with Crippen LogP contribution in [0.15, 0.2) is 11.6 Å². The first-order chi connectivity index (χ1) is 14.8. The van der Waals surface area contributed by atoms with E-state index in [1.165, 1.54) is 5.57 Å². The van der Waals surface area contributed by atoms with E-state index in [1.807, 2.05) is 0 Å². The summed E-state index contributed by atoms with van der Waals surface area (Å²) in [6, 6.07) is 0. The summed E-state index contributed by atoms with van der Waals surface area (Å²) < 4.78 is 0. The van der Waals surface area contributed by atoms with Gasteiger partial charge in [0, 0.05) is 11.8 Å². The highest BCUT2D eigenvalue weighted by atomic mass is 16.4. The van der Waals surface area contributed by atoms with Crippen LogP contribution in [0.2, 0.25) is 0 Å². The number of fused-ring (bicyclic) bond motifs is 5. The van der Waals surface area contributed by atoms with Gasteiger partial charge in [-0.05, 0) is 84.9 Å². The molecule has 0 saturated heterocycles. The van der Waals surface area contributed by atoms with Crippen molar-refractivity contribution in [2.24, 2.45) is 50.7 Å². The van der Waals surface area contributed by atoms with Gasteiger partial charge >= 0.3 is 5.97 Å². The summed E-state index contributed by atoms with van der Waals surface area (Å²) in [5.74, 6) is 0.910. The van der Waals surface area contributed by atoms with Crippen molar-refractivity contribution in [2.45, 2.75) is 105 Å². The number of rotatable bonds is 1. The van der Waals surface area contributed by atoms with Crippen LogP contribution in [0.1, 0.15) is 92.9 Å². The van der Waals surface area contributed by atoms with E-state index < -0.39 is 23.6 Å². The van der Waals surface area contributed by atoms with Crippen molar-refractivity contribution in [1.82, 2.24) is 0 Å². The zero-order chi connectivity index (χ0) is 23.5. The molecule has 4 fully saturated rings. The number of hydrogen-bond acceptors (Lipinski definition) is 3. The second-order valence-corrected chi connectivity index (χ2v) is 13.7. The Kier molecular flexibility index (Phi) is 4.74. The van der Waals surface area contributed by atoms with E-state index in [1.54, 1.807) is 0 Å². The van der Waals surface area contributed by atoms with Gasteiger partial charge < -0.3 is 15.3 Å². The molecule has 0 unspecified atom stereocenters. The van der Waals surface area contributed by atoms with E-state index in [9.17, 15) is 20.1 Å². The Hall–Kier alpha value is -0.870. The zero-order valence-corrected chi connectivity index (χ0v) is 20.9. The lowest BCUT2D eigenvalue weighted by Gasteiger charge is -2.71. The molecule has 5 rings (SSSR count). The Morgan fingerprint density at radius 1 is 1.03 bits per heavy atom. The van der Waals surface area contributed by atoms with E-state index in [4.69, 9.17) is 0 Å². The fraction of sp³-hybridized carbons (Fsp3) is 0.893. The van der Waals surface area contributed by atoms with Gasteiger partial charge in [-0.1, -0.05) is 53.2 Å². The first-order valence-corrected chi connectivity index (χ1v) is 13.1. The van der Waals surface area contributed by atoms with Gasteiger partial charge in [0.2, 0.25) is 0 Å². The molecule has 32 heavy (non-hydrogen) atoms. The summed E-state index contributed by atoms with van der Waals surface area (Å²) in [5, 5.41) is 32.5. The van der Waals surface area contributed by atoms with Crippen LogP contribution in [0.3, 0.4) is 0 Å². The SMILES string of the molecule is C[C@@H]1C[C@]2(C(=O)O)CC[C@]3(C)C4=CC[C@H]5C(C)(C)[C@@H](O)C[C@H](O)[C@]5(C)[C@H]4CC[C@]3(C2)[C@H]1C. The van der Waals surface area contributed by atoms with Crippen LogP contribution in [0.4, 0.5) is 0 Å². The van der Waals surface area contributed by atoms with E-state index in [0.29, 0.717) is 24.2 Å². The van der Waals surface area contributed by atoms with Gasteiger partial charge in [-0.3, -0.25) is 4.79 Å². The third-order valence-electron chi connectivity index (χ3n) is 12.6. The molecule has 0 amide bonds. The van der Waals surface area contributed by atoms with Gasteiger partial charge in [-0.2, -0.15) is 0 Å². The van der Waals surface area contributed by atoms with Crippen molar-refractivity contribution >= 4 is 5.97 Å². The maximum atomic E-state index is 12.5. The summed E-state index contributed by atoms with van der Waals surface area (Å²) in [5.41, 5.74) is 0.537. The molecule has 4 heteroatoms. The molecule has 0 aliphatic heterocycles. The van der Waals surface area contributed by atoms with Gasteiger partial charge in [0.25, 0.3) is 0 Å². The van der Waals surface area contributed by atoms with Crippen LogP contribution in [-0.4, -0.2) is 33.5 Å². The first kappa shape index (κ1) is 22.9. The molecule has 2 bridgehead atoms. The number of aliphatic hydroxyl groups excluding tert-OH is 2. The lowest BCUT2D eigenvalue weighted by Crippen LogP contribution is -2.67. The van der Waals surface area contributed by atoms with Crippen molar-refractivity contribution in [3.63, 3.8) is 0 Å². The highest BCUT2D eigenvalue weighted by molar-refractivity contribution is 5.75.